The van der Waals surface area contributed by atoms with E-state index in [0.717, 1.165) is 48.6 Å². The number of aryl methyl sites for hydroxylation is 2. The van der Waals surface area contributed by atoms with Gasteiger partial charge in [-0.15, -0.1) is 21.5 Å². The topological polar surface area (TPSA) is 197 Å². The SMILES string of the molecule is Cc1sc2c(c1C)C(c1ccc(Cl)cc1)=N[C@@H](CC(=O)NCCCCNC(=O)c1ccc(CNc3cccc4c3C(=O)N(C3CCC(=O)NC3=O)C4=O)cc1)c1nnc(C)n1-2. The lowest BCUT2D eigenvalue weighted by atomic mass is 9.99. The van der Waals surface area contributed by atoms with Crippen LogP contribution in [0.25, 0.3) is 5.00 Å². The number of amides is 6. The molecule has 2 aromatic heterocycles. The number of carbonyl (C=O) groups excluding carboxylic acids is 6. The molecule has 5 aromatic rings. The third-order valence-electron chi connectivity index (χ3n) is 11.1. The summed E-state index contributed by atoms with van der Waals surface area (Å²) in [4.78, 5) is 84.2. The molecule has 0 aliphatic carbocycles. The van der Waals surface area contributed by atoms with Gasteiger partial charge in [-0.25, -0.2) is 0 Å². The molecule has 0 spiro atoms. The third kappa shape index (κ3) is 8.20. The Labute approximate surface area is 360 Å². The molecule has 0 radical (unpaired) electrons. The first kappa shape index (κ1) is 41.2. The number of thiophene rings is 1. The van der Waals surface area contributed by atoms with Gasteiger partial charge in [0.25, 0.3) is 17.7 Å². The Hall–Kier alpha value is -6.52. The summed E-state index contributed by atoms with van der Waals surface area (Å²) in [6, 6.07) is 17.8. The number of imide groups is 2. The molecule has 3 aliphatic heterocycles. The minimum absolute atomic E-state index is 0.0403. The lowest BCUT2D eigenvalue weighted by molar-refractivity contribution is -0.136. The lowest BCUT2D eigenvalue weighted by Gasteiger charge is -2.27. The van der Waals surface area contributed by atoms with Crippen LogP contribution in [0.2, 0.25) is 5.02 Å². The third-order valence-corrected chi connectivity index (χ3v) is 12.6. The summed E-state index contributed by atoms with van der Waals surface area (Å²) in [5.74, 6) is -1.34. The number of rotatable bonds is 13. The Bertz CT molecular complexity index is 2640. The number of hydrogen-bond acceptors (Lipinski definition) is 11. The molecule has 0 bridgehead atoms. The summed E-state index contributed by atoms with van der Waals surface area (Å²) < 4.78 is 2.02. The molecule has 61 heavy (non-hydrogen) atoms. The molecule has 5 heterocycles. The number of nitrogens with zero attached hydrogens (tertiary/aromatic N) is 5. The van der Waals surface area contributed by atoms with Crippen molar-refractivity contribution in [2.75, 3.05) is 18.4 Å². The number of benzene rings is 3. The van der Waals surface area contributed by atoms with Crippen LogP contribution < -0.4 is 21.3 Å². The Morgan fingerprint density at radius 1 is 0.885 bits per heavy atom. The average molecular weight is 860 g/mol. The maximum Gasteiger partial charge on any atom is 0.264 e. The Morgan fingerprint density at radius 3 is 2.36 bits per heavy atom. The molecular weight excluding hydrogens is 818 g/mol. The van der Waals surface area contributed by atoms with E-state index in [2.05, 4.69) is 45.3 Å². The zero-order chi connectivity index (χ0) is 42.9. The number of piperidine rings is 1. The summed E-state index contributed by atoms with van der Waals surface area (Å²) in [5, 5.41) is 21.8. The summed E-state index contributed by atoms with van der Waals surface area (Å²) in [5.41, 5.74) is 5.90. The van der Waals surface area contributed by atoms with Crippen LogP contribution in [-0.2, 0) is 20.9 Å². The van der Waals surface area contributed by atoms with Crippen molar-refractivity contribution in [1.82, 2.24) is 35.6 Å². The Kier molecular flexibility index (Phi) is 11.6. The van der Waals surface area contributed by atoms with E-state index in [4.69, 9.17) is 16.6 Å². The summed E-state index contributed by atoms with van der Waals surface area (Å²) in [7, 11) is 0. The van der Waals surface area contributed by atoms with Crippen LogP contribution in [-0.4, -0.2) is 80.0 Å². The highest BCUT2D eigenvalue weighted by atomic mass is 35.5. The molecule has 17 heteroatoms. The molecule has 1 fully saturated rings. The van der Waals surface area contributed by atoms with Crippen molar-refractivity contribution in [3.8, 4) is 5.00 Å². The first-order valence-corrected chi connectivity index (χ1v) is 21.2. The quantitative estimate of drug-likeness (QED) is 0.0870. The summed E-state index contributed by atoms with van der Waals surface area (Å²) >= 11 is 7.88. The van der Waals surface area contributed by atoms with E-state index in [1.807, 2.05) is 35.8 Å². The van der Waals surface area contributed by atoms with Crippen molar-refractivity contribution in [2.45, 2.75) is 71.5 Å². The summed E-state index contributed by atoms with van der Waals surface area (Å²) in [6.07, 6.45) is 1.49. The Balaban J connectivity index is 0.813. The first-order chi connectivity index (χ1) is 29.4. The first-order valence-electron chi connectivity index (χ1n) is 20.0. The van der Waals surface area contributed by atoms with Gasteiger partial charge < -0.3 is 16.0 Å². The number of fused-ring (bicyclic) bond motifs is 4. The zero-order valence-corrected chi connectivity index (χ0v) is 35.2. The van der Waals surface area contributed by atoms with Gasteiger partial charge in [-0.3, -0.25) is 48.5 Å². The predicted octanol–water partition coefficient (Wildman–Crippen LogP) is 5.53. The van der Waals surface area contributed by atoms with Crippen molar-refractivity contribution >= 4 is 69.8 Å². The number of aliphatic imine (C=N–C) groups is 1. The maximum absolute atomic E-state index is 13.4. The fourth-order valence-electron chi connectivity index (χ4n) is 7.80. The largest absolute Gasteiger partial charge is 0.380 e. The van der Waals surface area contributed by atoms with Crippen molar-refractivity contribution in [3.63, 3.8) is 0 Å². The normalized spacial score (nSPS) is 16.9. The van der Waals surface area contributed by atoms with Gasteiger partial charge in [0.1, 0.15) is 22.9 Å². The van der Waals surface area contributed by atoms with Crippen LogP contribution in [0.4, 0.5) is 5.69 Å². The maximum atomic E-state index is 13.4. The van der Waals surface area contributed by atoms with E-state index in [9.17, 15) is 28.8 Å². The van der Waals surface area contributed by atoms with E-state index < -0.39 is 35.7 Å². The molecular formula is C44H42ClN9O6S. The highest BCUT2D eigenvalue weighted by molar-refractivity contribution is 7.15. The van der Waals surface area contributed by atoms with Crippen molar-refractivity contribution in [2.24, 2.45) is 4.99 Å². The van der Waals surface area contributed by atoms with Crippen LogP contribution in [0.1, 0.15) is 108 Å². The minimum atomic E-state index is -1.05. The average Bonchev–Trinajstić information content (AvgIpc) is 3.82. The molecule has 1 unspecified atom stereocenters. The number of anilines is 1. The van der Waals surface area contributed by atoms with Crippen molar-refractivity contribution in [1.29, 1.82) is 0 Å². The molecule has 3 aliphatic rings. The second-order valence-electron chi connectivity index (χ2n) is 15.1. The molecule has 6 amide bonds. The number of carbonyl (C=O) groups is 6. The van der Waals surface area contributed by atoms with Gasteiger partial charge in [0.05, 0.1) is 23.3 Å². The molecule has 0 saturated carbocycles. The molecule has 3 aromatic carbocycles. The fourth-order valence-corrected chi connectivity index (χ4v) is 9.14. The predicted molar refractivity (Wildman–Crippen MR) is 229 cm³/mol. The van der Waals surface area contributed by atoms with E-state index in [1.165, 1.54) is 0 Å². The lowest BCUT2D eigenvalue weighted by Crippen LogP contribution is -2.54. The van der Waals surface area contributed by atoms with Gasteiger partial charge in [0.15, 0.2) is 5.82 Å². The van der Waals surface area contributed by atoms with E-state index >= 15 is 0 Å². The number of hydrogen-bond donors (Lipinski definition) is 4. The zero-order valence-electron chi connectivity index (χ0n) is 33.6. The van der Waals surface area contributed by atoms with Gasteiger partial charge in [0.2, 0.25) is 17.7 Å². The van der Waals surface area contributed by atoms with Crippen molar-refractivity contribution < 1.29 is 28.8 Å². The van der Waals surface area contributed by atoms with Gasteiger partial charge in [-0.05, 0) is 87.6 Å². The molecule has 2 atom stereocenters. The smallest absolute Gasteiger partial charge is 0.264 e. The Morgan fingerprint density at radius 2 is 1.62 bits per heavy atom. The van der Waals surface area contributed by atoms with Gasteiger partial charge in [-0.2, -0.15) is 0 Å². The second-order valence-corrected chi connectivity index (χ2v) is 16.8. The standard InChI is InChI=1S/C44H42ClN9O6S/c1-23-24(2)61-44-36(23)38(27-13-15-29(45)16-14-27)49-32(39-52-51-25(3)53(39)44)21-35(56)46-19-4-5-20-47-40(57)28-11-9-26(10-12-28)22-48-31-8-6-7-30-37(31)43(60)54(42(30)59)33-17-18-34(55)50-41(33)58/h6-16,32-33,48H,4-5,17-22H2,1-3H3,(H,46,56)(H,47,57)(H,50,55,58)/t32-,33?/m0/s1. The van der Waals surface area contributed by atoms with Crippen LogP contribution >= 0.6 is 22.9 Å². The van der Waals surface area contributed by atoms with Gasteiger partial charge in [-0.1, -0.05) is 41.9 Å². The molecule has 15 nitrogen and oxygen atoms in total. The van der Waals surface area contributed by atoms with Crippen LogP contribution in [0.5, 0.6) is 0 Å². The van der Waals surface area contributed by atoms with Gasteiger partial charge in [0, 0.05) is 58.3 Å². The van der Waals surface area contributed by atoms with Crippen LogP contribution in [0.3, 0.4) is 0 Å². The van der Waals surface area contributed by atoms with Gasteiger partial charge >= 0.3 is 0 Å². The highest BCUT2D eigenvalue weighted by Crippen LogP contribution is 2.40. The van der Waals surface area contributed by atoms with Crippen molar-refractivity contribution in [3.05, 3.63) is 127 Å². The van der Waals surface area contributed by atoms with E-state index in [0.29, 0.717) is 54.6 Å². The molecule has 4 N–H and O–H groups in total. The fraction of sp³-hybridized carbons (Fsp3) is 0.295. The van der Waals surface area contributed by atoms with Crippen LogP contribution in [0, 0.1) is 20.8 Å². The van der Waals surface area contributed by atoms with E-state index in [1.54, 1.807) is 53.8 Å². The number of halogens is 1. The molecule has 312 valence electrons. The number of nitrogens with one attached hydrogen (secondary N) is 4. The second kappa shape index (κ2) is 17.2. The molecule has 8 rings (SSSR count). The minimum Gasteiger partial charge on any atom is -0.380 e. The summed E-state index contributed by atoms with van der Waals surface area (Å²) in [6.45, 7) is 7.21. The monoisotopic (exact) mass is 859 g/mol. The van der Waals surface area contributed by atoms with E-state index in [-0.39, 0.29) is 42.2 Å². The number of aromatic nitrogens is 3. The number of unbranched alkanes of at least 4 members (excludes halogenated alkanes) is 1. The van der Waals surface area contributed by atoms with Crippen LogP contribution in [0.15, 0.2) is 71.7 Å². The highest BCUT2D eigenvalue weighted by Gasteiger charge is 2.45. The molecule has 1 saturated heterocycles.